The molecule has 1 fully saturated rings. The number of aryl methyl sites for hydroxylation is 3. The van der Waals surface area contributed by atoms with Crippen molar-refractivity contribution in [1.29, 1.82) is 0 Å². The van der Waals surface area contributed by atoms with Crippen LogP contribution in [-0.4, -0.2) is 26.1 Å². The molecule has 2 atom stereocenters. The van der Waals surface area contributed by atoms with E-state index in [1.165, 1.54) is 33.8 Å². The lowest BCUT2D eigenvalue weighted by atomic mass is 9.96. The van der Waals surface area contributed by atoms with E-state index in [4.69, 9.17) is 12.2 Å². The molecule has 31 heavy (non-hydrogen) atoms. The molecule has 0 amide bonds. The zero-order chi connectivity index (χ0) is 22.1. The van der Waals surface area contributed by atoms with Gasteiger partial charge in [0.15, 0.2) is 5.11 Å². The molecule has 3 aromatic rings. The Labute approximate surface area is 191 Å². The number of aromatic nitrogens is 2. The lowest BCUT2D eigenvalue weighted by Crippen LogP contribution is -2.30. The average molecular weight is 433 g/mol. The van der Waals surface area contributed by atoms with E-state index in [-0.39, 0.29) is 12.1 Å². The molecule has 1 aliphatic heterocycles. The summed E-state index contributed by atoms with van der Waals surface area (Å²) >= 11 is 5.80. The summed E-state index contributed by atoms with van der Waals surface area (Å²) in [5, 5.41) is 4.40. The fraction of sp³-hybridized carbons (Fsp3) is 0.385. The second kappa shape index (κ2) is 8.83. The Bertz CT molecular complexity index is 1070. The number of hydrogen-bond donors (Lipinski definition) is 1. The lowest BCUT2D eigenvalue weighted by molar-refractivity contribution is 0.312. The third-order valence-corrected chi connectivity index (χ3v) is 6.56. The summed E-state index contributed by atoms with van der Waals surface area (Å²) in [6, 6.07) is 15.4. The molecule has 1 aliphatic rings. The highest BCUT2D eigenvalue weighted by molar-refractivity contribution is 7.80. The van der Waals surface area contributed by atoms with Gasteiger partial charge in [-0.2, -0.15) is 0 Å². The van der Waals surface area contributed by atoms with Crippen LogP contribution in [-0.2, 0) is 0 Å². The van der Waals surface area contributed by atoms with E-state index < -0.39 is 0 Å². The van der Waals surface area contributed by atoms with Crippen molar-refractivity contribution in [1.82, 2.24) is 19.8 Å². The van der Waals surface area contributed by atoms with Crippen molar-refractivity contribution >= 4 is 17.3 Å². The summed E-state index contributed by atoms with van der Waals surface area (Å²) in [5.41, 5.74) is 8.64. The molecule has 0 saturated carbocycles. The van der Waals surface area contributed by atoms with E-state index in [9.17, 15) is 0 Å². The minimum Gasteiger partial charge on any atom is -0.352 e. The number of pyridine rings is 1. The van der Waals surface area contributed by atoms with E-state index in [1.54, 1.807) is 0 Å². The summed E-state index contributed by atoms with van der Waals surface area (Å²) in [7, 11) is 0. The highest BCUT2D eigenvalue weighted by Crippen LogP contribution is 2.41. The monoisotopic (exact) mass is 432 g/mol. The number of nitrogens with one attached hydrogen (secondary N) is 1. The third kappa shape index (κ3) is 4.11. The van der Waals surface area contributed by atoms with Gasteiger partial charge < -0.3 is 14.8 Å². The minimum absolute atomic E-state index is 0.0405. The van der Waals surface area contributed by atoms with E-state index in [2.05, 4.69) is 90.8 Å². The molecule has 1 saturated heterocycles. The van der Waals surface area contributed by atoms with Crippen LogP contribution in [0.25, 0.3) is 5.69 Å². The lowest BCUT2D eigenvalue weighted by Gasteiger charge is -2.28. The zero-order valence-corrected chi connectivity index (χ0v) is 20.0. The summed E-state index contributed by atoms with van der Waals surface area (Å²) in [6.07, 6.45) is 4.12. The van der Waals surface area contributed by atoms with E-state index in [0.717, 1.165) is 30.2 Å². The van der Waals surface area contributed by atoms with Gasteiger partial charge in [-0.15, -0.1) is 0 Å². The normalized spacial score (nSPS) is 18.5. The Hall–Kier alpha value is -2.66. The van der Waals surface area contributed by atoms with E-state index in [0.29, 0.717) is 0 Å². The van der Waals surface area contributed by atoms with Crippen molar-refractivity contribution < 1.29 is 0 Å². The van der Waals surface area contributed by atoms with Gasteiger partial charge >= 0.3 is 0 Å². The summed E-state index contributed by atoms with van der Waals surface area (Å²) in [6.45, 7) is 11.9. The second-order valence-corrected chi connectivity index (χ2v) is 9.07. The van der Waals surface area contributed by atoms with Crippen LogP contribution in [0.15, 0.2) is 48.7 Å². The topological polar surface area (TPSA) is 33.1 Å². The molecule has 0 bridgehead atoms. The van der Waals surface area contributed by atoms with Gasteiger partial charge in [0.05, 0.1) is 17.8 Å². The van der Waals surface area contributed by atoms with Crippen molar-refractivity contribution in [2.24, 2.45) is 0 Å². The van der Waals surface area contributed by atoms with Crippen molar-refractivity contribution in [2.75, 3.05) is 6.54 Å². The number of thiocarbonyl (C=S) groups is 1. The minimum atomic E-state index is 0.0405. The van der Waals surface area contributed by atoms with Crippen molar-refractivity contribution in [3.63, 3.8) is 0 Å². The predicted molar refractivity (Wildman–Crippen MR) is 132 cm³/mol. The number of benzene rings is 1. The first kappa shape index (κ1) is 21.6. The molecule has 0 radical (unpaired) electrons. The van der Waals surface area contributed by atoms with Gasteiger partial charge in [0.25, 0.3) is 0 Å². The standard InChI is InChI=1S/C26H32N4S/c1-6-7-12-29-25(24(28-26(29)31)23-10-8-9-11-27-23)22-16-19(4)30(20(22)5)21-14-17(2)13-18(3)15-21/h8-11,13-16,24-25H,6-7,12H2,1-5H3,(H,28,31)/t24-,25-/m1/s1. The molecule has 162 valence electrons. The van der Waals surface area contributed by atoms with Crippen LogP contribution in [0, 0.1) is 27.7 Å². The van der Waals surface area contributed by atoms with Crippen LogP contribution in [0.2, 0.25) is 0 Å². The fourth-order valence-electron chi connectivity index (χ4n) is 4.88. The highest BCUT2D eigenvalue weighted by atomic mass is 32.1. The van der Waals surface area contributed by atoms with Gasteiger partial charge in [-0.1, -0.05) is 25.5 Å². The molecule has 0 aliphatic carbocycles. The first-order valence-corrected chi connectivity index (χ1v) is 11.6. The largest absolute Gasteiger partial charge is 0.352 e. The summed E-state index contributed by atoms with van der Waals surface area (Å²) < 4.78 is 2.38. The Kier molecular flexibility index (Phi) is 6.15. The Balaban J connectivity index is 1.83. The van der Waals surface area contributed by atoms with Crippen LogP contribution in [0.4, 0.5) is 0 Å². The molecule has 1 aromatic carbocycles. The molecule has 4 rings (SSSR count). The number of hydrogen-bond acceptors (Lipinski definition) is 2. The molecule has 0 unspecified atom stereocenters. The quantitative estimate of drug-likeness (QED) is 0.493. The van der Waals surface area contributed by atoms with Crippen LogP contribution < -0.4 is 5.32 Å². The Morgan fingerprint density at radius 2 is 1.77 bits per heavy atom. The van der Waals surface area contributed by atoms with Gasteiger partial charge in [-0.05, 0) is 93.4 Å². The van der Waals surface area contributed by atoms with Crippen LogP contribution >= 0.6 is 12.2 Å². The van der Waals surface area contributed by atoms with Gasteiger partial charge in [-0.3, -0.25) is 4.98 Å². The average Bonchev–Trinajstić information content (AvgIpc) is 3.21. The molecular formula is C26H32N4S. The Morgan fingerprint density at radius 1 is 1.03 bits per heavy atom. The van der Waals surface area contributed by atoms with Gasteiger partial charge in [0.1, 0.15) is 0 Å². The first-order chi connectivity index (χ1) is 14.9. The molecule has 3 heterocycles. The van der Waals surface area contributed by atoms with Crippen molar-refractivity contribution in [2.45, 2.75) is 59.5 Å². The molecule has 2 aromatic heterocycles. The zero-order valence-electron chi connectivity index (χ0n) is 19.1. The maximum absolute atomic E-state index is 5.80. The summed E-state index contributed by atoms with van der Waals surface area (Å²) in [5.74, 6) is 0. The molecule has 1 N–H and O–H groups in total. The number of rotatable bonds is 6. The smallest absolute Gasteiger partial charge is 0.170 e. The highest BCUT2D eigenvalue weighted by Gasteiger charge is 2.41. The molecule has 0 spiro atoms. The van der Waals surface area contributed by atoms with Gasteiger partial charge in [0, 0.05) is 29.8 Å². The van der Waals surface area contributed by atoms with Crippen LogP contribution in [0.1, 0.15) is 65.6 Å². The first-order valence-electron chi connectivity index (χ1n) is 11.2. The van der Waals surface area contributed by atoms with Crippen LogP contribution in [0.3, 0.4) is 0 Å². The van der Waals surface area contributed by atoms with Gasteiger partial charge in [0.2, 0.25) is 0 Å². The summed E-state index contributed by atoms with van der Waals surface area (Å²) in [4.78, 5) is 7.04. The predicted octanol–water partition coefficient (Wildman–Crippen LogP) is 5.88. The number of nitrogens with zero attached hydrogens (tertiary/aromatic N) is 3. The maximum atomic E-state index is 5.80. The molecule has 4 nitrogen and oxygen atoms in total. The molecule has 5 heteroatoms. The Morgan fingerprint density at radius 3 is 2.42 bits per heavy atom. The van der Waals surface area contributed by atoms with Crippen molar-refractivity contribution in [3.8, 4) is 5.69 Å². The third-order valence-electron chi connectivity index (χ3n) is 6.20. The molecular weight excluding hydrogens is 400 g/mol. The van der Waals surface area contributed by atoms with Crippen LogP contribution in [0.5, 0.6) is 0 Å². The maximum Gasteiger partial charge on any atom is 0.170 e. The van der Waals surface area contributed by atoms with Crippen molar-refractivity contribution in [3.05, 3.63) is 82.4 Å². The van der Waals surface area contributed by atoms with Gasteiger partial charge in [-0.25, -0.2) is 0 Å². The SMILES string of the molecule is CCCCN1C(=S)N[C@H](c2ccccn2)[C@H]1c1cc(C)n(-c2cc(C)cc(C)c2)c1C. The fourth-order valence-corrected chi connectivity index (χ4v) is 5.21. The second-order valence-electron chi connectivity index (χ2n) is 8.68. The van der Waals surface area contributed by atoms with E-state index >= 15 is 0 Å². The number of unbranched alkanes of at least 4 members (excludes halogenated alkanes) is 1. The van der Waals surface area contributed by atoms with E-state index in [1.807, 2.05) is 12.3 Å².